The molecule has 1 heterocycles. The quantitative estimate of drug-likeness (QED) is 0.806. The zero-order valence-corrected chi connectivity index (χ0v) is 9.53. The van der Waals surface area contributed by atoms with E-state index in [9.17, 15) is 4.79 Å². The van der Waals surface area contributed by atoms with Crippen molar-refractivity contribution in [2.24, 2.45) is 7.05 Å². The molecule has 1 amide bonds. The Hall–Kier alpha value is -1.62. The fourth-order valence-corrected chi connectivity index (χ4v) is 1.54. The number of carbonyl (C=O) groups excluding carboxylic acids is 1. The van der Waals surface area contributed by atoms with Crippen molar-refractivity contribution in [3.8, 4) is 0 Å². The third-order valence-electron chi connectivity index (χ3n) is 2.29. The van der Waals surface area contributed by atoms with E-state index >= 15 is 0 Å². The monoisotopic (exact) mass is 238 g/mol. The van der Waals surface area contributed by atoms with E-state index in [1.54, 1.807) is 4.68 Å². The van der Waals surface area contributed by atoms with Crippen LogP contribution in [-0.4, -0.2) is 26.8 Å². The van der Waals surface area contributed by atoms with Crippen molar-refractivity contribution in [3.63, 3.8) is 0 Å². The van der Waals surface area contributed by atoms with E-state index < -0.39 is 0 Å². The van der Waals surface area contributed by atoms with Gasteiger partial charge in [0.05, 0.1) is 5.52 Å². The lowest BCUT2D eigenvalue weighted by atomic mass is 10.2. The van der Waals surface area contributed by atoms with Gasteiger partial charge in [0.2, 0.25) is 5.91 Å². The first-order chi connectivity index (χ1) is 7.70. The average Bonchev–Trinajstić information content (AvgIpc) is 2.67. The van der Waals surface area contributed by atoms with Crippen LogP contribution < -0.4 is 5.32 Å². The SMILES string of the molecule is Cn1nnc2cc(CNC(=O)CCl)ccc21. The summed E-state index contributed by atoms with van der Waals surface area (Å²) < 4.78 is 1.70. The molecule has 2 aromatic rings. The average molecular weight is 239 g/mol. The number of amides is 1. The normalized spacial score (nSPS) is 10.6. The predicted octanol–water partition coefficient (Wildman–Crippen LogP) is 0.823. The van der Waals surface area contributed by atoms with Crippen molar-refractivity contribution in [1.29, 1.82) is 0 Å². The maximum absolute atomic E-state index is 11.0. The van der Waals surface area contributed by atoms with Crippen LogP contribution in [0, 0.1) is 0 Å². The first kappa shape index (κ1) is 10.9. The van der Waals surface area contributed by atoms with Crippen molar-refractivity contribution < 1.29 is 4.79 Å². The highest BCUT2D eigenvalue weighted by Gasteiger charge is 2.03. The molecule has 84 valence electrons. The van der Waals surface area contributed by atoms with Gasteiger partial charge in [0, 0.05) is 13.6 Å². The Labute approximate surface area is 97.4 Å². The van der Waals surface area contributed by atoms with Crippen molar-refractivity contribution in [3.05, 3.63) is 23.8 Å². The molecule has 0 spiro atoms. The van der Waals surface area contributed by atoms with Gasteiger partial charge in [-0.15, -0.1) is 16.7 Å². The number of nitrogens with one attached hydrogen (secondary N) is 1. The van der Waals surface area contributed by atoms with E-state index in [0.29, 0.717) is 6.54 Å². The summed E-state index contributed by atoms with van der Waals surface area (Å²) >= 11 is 5.38. The number of nitrogens with zero attached hydrogens (tertiary/aromatic N) is 3. The number of aryl methyl sites for hydroxylation is 1. The van der Waals surface area contributed by atoms with Gasteiger partial charge >= 0.3 is 0 Å². The molecule has 6 heteroatoms. The Morgan fingerprint density at radius 3 is 3.12 bits per heavy atom. The number of fused-ring (bicyclic) bond motifs is 1. The van der Waals surface area contributed by atoms with Gasteiger partial charge in [0.15, 0.2) is 0 Å². The predicted molar refractivity (Wildman–Crippen MR) is 61.1 cm³/mol. The number of alkyl halides is 1. The molecule has 0 radical (unpaired) electrons. The maximum atomic E-state index is 11.0. The second-order valence-corrected chi connectivity index (χ2v) is 3.71. The number of halogens is 1. The highest BCUT2D eigenvalue weighted by atomic mass is 35.5. The molecular weight excluding hydrogens is 228 g/mol. The molecule has 5 nitrogen and oxygen atoms in total. The highest BCUT2D eigenvalue weighted by Crippen LogP contribution is 2.12. The summed E-state index contributed by atoms with van der Waals surface area (Å²) in [5.41, 5.74) is 2.76. The van der Waals surface area contributed by atoms with E-state index in [1.165, 1.54) is 0 Å². The number of hydrogen-bond donors (Lipinski definition) is 1. The third kappa shape index (κ3) is 2.14. The Morgan fingerprint density at radius 1 is 1.56 bits per heavy atom. The third-order valence-corrected chi connectivity index (χ3v) is 2.53. The van der Waals surface area contributed by atoms with Gasteiger partial charge in [0.25, 0.3) is 0 Å². The summed E-state index contributed by atoms with van der Waals surface area (Å²) in [4.78, 5) is 11.0. The topological polar surface area (TPSA) is 59.8 Å². The van der Waals surface area contributed by atoms with Gasteiger partial charge in [0.1, 0.15) is 11.4 Å². The minimum atomic E-state index is -0.180. The van der Waals surface area contributed by atoms with Crippen LogP contribution in [0.15, 0.2) is 18.2 Å². The molecule has 0 bridgehead atoms. The Balaban J connectivity index is 2.17. The number of hydrogen-bond acceptors (Lipinski definition) is 3. The Bertz CT molecular complexity index is 523. The van der Waals surface area contributed by atoms with Crippen LogP contribution in [0.5, 0.6) is 0 Å². The van der Waals surface area contributed by atoms with E-state index in [1.807, 2.05) is 25.2 Å². The first-order valence-corrected chi connectivity index (χ1v) is 5.35. The lowest BCUT2D eigenvalue weighted by molar-refractivity contribution is -0.118. The van der Waals surface area contributed by atoms with Crippen LogP contribution >= 0.6 is 11.6 Å². The van der Waals surface area contributed by atoms with Gasteiger partial charge < -0.3 is 5.32 Å². The molecule has 0 aliphatic heterocycles. The van der Waals surface area contributed by atoms with Gasteiger partial charge in [-0.1, -0.05) is 11.3 Å². The van der Waals surface area contributed by atoms with Crippen LogP contribution in [-0.2, 0) is 18.4 Å². The molecule has 0 aliphatic carbocycles. The lowest BCUT2D eigenvalue weighted by Crippen LogP contribution is -2.23. The van der Waals surface area contributed by atoms with Gasteiger partial charge in [-0.3, -0.25) is 4.79 Å². The molecule has 1 aromatic heterocycles. The van der Waals surface area contributed by atoms with E-state index in [2.05, 4.69) is 15.6 Å². The summed E-state index contributed by atoms with van der Waals surface area (Å²) in [7, 11) is 1.84. The van der Waals surface area contributed by atoms with Crippen molar-refractivity contribution in [1.82, 2.24) is 20.3 Å². The number of aromatic nitrogens is 3. The molecule has 0 saturated heterocycles. The molecular formula is C10H11ClN4O. The minimum absolute atomic E-state index is 0.0204. The van der Waals surface area contributed by atoms with E-state index in [0.717, 1.165) is 16.6 Å². The van der Waals surface area contributed by atoms with E-state index in [-0.39, 0.29) is 11.8 Å². The van der Waals surface area contributed by atoms with Gasteiger partial charge in [-0.2, -0.15) is 0 Å². The fraction of sp³-hybridized carbons (Fsp3) is 0.300. The number of benzene rings is 1. The molecule has 1 aromatic carbocycles. The second kappa shape index (κ2) is 4.49. The van der Waals surface area contributed by atoms with Crippen LogP contribution in [0.2, 0.25) is 0 Å². The molecule has 16 heavy (non-hydrogen) atoms. The Kier molecular flexibility index (Phi) is 3.05. The maximum Gasteiger partial charge on any atom is 0.235 e. The van der Waals surface area contributed by atoms with Gasteiger partial charge in [-0.25, -0.2) is 4.68 Å². The summed E-state index contributed by atoms with van der Waals surface area (Å²) in [6.45, 7) is 0.456. The standard InChI is InChI=1S/C10H11ClN4O/c1-15-9-3-2-7(4-8(9)13-14-15)6-12-10(16)5-11/h2-4H,5-6H2,1H3,(H,12,16). The molecule has 2 rings (SSSR count). The summed E-state index contributed by atoms with van der Waals surface area (Å²) in [5.74, 6) is -0.200. The second-order valence-electron chi connectivity index (χ2n) is 3.45. The minimum Gasteiger partial charge on any atom is -0.351 e. The fourth-order valence-electron chi connectivity index (χ4n) is 1.44. The largest absolute Gasteiger partial charge is 0.351 e. The first-order valence-electron chi connectivity index (χ1n) is 4.81. The molecule has 0 saturated carbocycles. The molecule has 0 fully saturated rings. The van der Waals surface area contributed by atoms with Crippen molar-refractivity contribution in [2.75, 3.05) is 5.88 Å². The summed E-state index contributed by atoms with van der Waals surface area (Å²) in [6, 6.07) is 5.76. The molecule has 0 atom stereocenters. The smallest absolute Gasteiger partial charge is 0.235 e. The lowest BCUT2D eigenvalue weighted by Gasteiger charge is -2.02. The zero-order chi connectivity index (χ0) is 11.5. The zero-order valence-electron chi connectivity index (χ0n) is 8.77. The van der Waals surface area contributed by atoms with Crippen molar-refractivity contribution in [2.45, 2.75) is 6.54 Å². The van der Waals surface area contributed by atoms with Gasteiger partial charge in [-0.05, 0) is 17.7 Å². The summed E-state index contributed by atoms with van der Waals surface area (Å²) in [6.07, 6.45) is 0. The Morgan fingerprint density at radius 2 is 2.38 bits per heavy atom. The van der Waals surface area contributed by atoms with E-state index in [4.69, 9.17) is 11.6 Å². The highest BCUT2D eigenvalue weighted by molar-refractivity contribution is 6.27. The van der Waals surface area contributed by atoms with Crippen LogP contribution in [0.1, 0.15) is 5.56 Å². The number of rotatable bonds is 3. The van der Waals surface area contributed by atoms with Crippen LogP contribution in [0.4, 0.5) is 0 Å². The summed E-state index contributed by atoms with van der Waals surface area (Å²) in [5, 5.41) is 10.6. The number of carbonyl (C=O) groups is 1. The molecule has 0 aliphatic rings. The van der Waals surface area contributed by atoms with Crippen molar-refractivity contribution >= 4 is 28.5 Å². The molecule has 1 N–H and O–H groups in total. The van der Waals surface area contributed by atoms with Crippen LogP contribution in [0.3, 0.4) is 0 Å². The molecule has 0 unspecified atom stereocenters. The van der Waals surface area contributed by atoms with Crippen LogP contribution in [0.25, 0.3) is 11.0 Å².